The van der Waals surface area contributed by atoms with Gasteiger partial charge in [0.15, 0.2) is 15.8 Å². The molecule has 0 spiro atoms. The van der Waals surface area contributed by atoms with Crippen LogP contribution in [-0.2, 0) is 4.79 Å². The van der Waals surface area contributed by atoms with Gasteiger partial charge in [-0.25, -0.2) is 0 Å². The van der Waals surface area contributed by atoms with Gasteiger partial charge >= 0.3 is 0 Å². The molecule has 1 N–H and O–H groups in total. The minimum Gasteiger partial charge on any atom is -0.493 e. The van der Waals surface area contributed by atoms with Gasteiger partial charge in [-0.15, -0.1) is 0 Å². The number of carbonyl (C=O) groups is 2. The second kappa shape index (κ2) is 12.6. The maximum absolute atomic E-state index is 12.9. The van der Waals surface area contributed by atoms with Gasteiger partial charge in [-0.2, -0.15) is 5.01 Å². The van der Waals surface area contributed by atoms with Gasteiger partial charge in [-0.05, 0) is 82.6 Å². The number of amides is 2. The molecule has 0 saturated carbocycles. The third-order valence-corrected chi connectivity index (χ3v) is 7.05. The number of benzene rings is 2. The Bertz CT molecular complexity index is 1110. The van der Waals surface area contributed by atoms with Crippen LogP contribution in [0.15, 0.2) is 45.8 Å². The molecule has 1 aliphatic rings. The Morgan fingerprint density at radius 1 is 1.24 bits per heavy atom. The quantitative estimate of drug-likeness (QED) is 0.193. The van der Waals surface area contributed by atoms with Crippen LogP contribution in [0.5, 0.6) is 11.5 Å². The molecule has 180 valence electrons. The van der Waals surface area contributed by atoms with E-state index in [0.717, 1.165) is 39.6 Å². The summed E-state index contributed by atoms with van der Waals surface area (Å²) in [7, 11) is 1.57. The fourth-order valence-electron chi connectivity index (χ4n) is 3.15. The molecule has 0 bridgehead atoms. The zero-order valence-electron chi connectivity index (χ0n) is 18.7. The van der Waals surface area contributed by atoms with Crippen molar-refractivity contribution in [3.8, 4) is 11.5 Å². The van der Waals surface area contributed by atoms with E-state index in [0.29, 0.717) is 33.6 Å². The number of halogens is 2. The number of hydrazine groups is 1. The van der Waals surface area contributed by atoms with Crippen LogP contribution < -0.4 is 14.9 Å². The molecule has 6 nitrogen and oxygen atoms in total. The van der Waals surface area contributed by atoms with Crippen molar-refractivity contribution in [1.29, 1.82) is 0 Å². The van der Waals surface area contributed by atoms with Crippen LogP contribution in [-0.4, -0.2) is 34.9 Å². The van der Waals surface area contributed by atoms with Gasteiger partial charge in [0.05, 0.1) is 23.1 Å². The second-order valence-electron chi connectivity index (χ2n) is 7.41. The van der Waals surface area contributed by atoms with Crippen LogP contribution >= 0.6 is 51.5 Å². The van der Waals surface area contributed by atoms with Crippen LogP contribution in [0.2, 0.25) is 5.02 Å². The number of hydrogen-bond acceptors (Lipinski definition) is 6. The van der Waals surface area contributed by atoms with E-state index in [9.17, 15) is 9.59 Å². The lowest BCUT2D eigenvalue weighted by Gasteiger charge is -2.15. The molecule has 1 fully saturated rings. The number of hydrogen-bond donors (Lipinski definition) is 1. The predicted octanol–water partition coefficient (Wildman–Crippen LogP) is 6.62. The summed E-state index contributed by atoms with van der Waals surface area (Å²) < 4.78 is 12.4. The summed E-state index contributed by atoms with van der Waals surface area (Å²) in [6.45, 7) is 2.76. The van der Waals surface area contributed by atoms with E-state index in [2.05, 4.69) is 28.3 Å². The summed E-state index contributed by atoms with van der Waals surface area (Å²) in [4.78, 5) is 25.8. The van der Waals surface area contributed by atoms with Crippen molar-refractivity contribution >= 4 is 73.7 Å². The molecule has 0 aliphatic carbocycles. The molecular formula is C24H24BrClN2O4S2. The molecule has 1 heterocycles. The van der Waals surface area contributed by atoms with Crippen molar-refractivity contribution in [3.63, 3.8) is 0 Å². The van der Waals surface area contributed by atoms with Crippen LogP contribution in [0.25, 0.3) is 6.08 Å². The Morgan fingerprint density at radius 3 is 2.65 bits per heavy atom. The highest BCUT2D eigenvalue weighted by Gasteiger charge is 2.34. The van der Waals surface area contributed by atoms with Crippen molar-refractivity contribution < 1.29 is 19.1 Å². The van der Waals surface area contributed by atoms with E-state index in [1.807, 2.05) is 6.07 Å². The SMILES string of the molecule is CCCCCCOc1c(Br)cc(/C=C2\SC(=S)N(NC(=O)c3ccc(Cl)cc3)C2=O)cc1OC. The standard InChI is InChI=1S/C24H24BrClN2O4S2/c1-3-4-5-6-11-32-21-18(25)12-15(13-19(21)31-2)14-20-23(30)28(24(33)34-20)27-22(29)16-7-9-17(26)10-8-16/h7-10,12-14H,3-6,11H2,1-2H3,(H,27,29)/b20-14-. The zero-order valence-corrected chi connectivity index (χ0v) is 22.7. The summed E-state index contributed by atoms with van der Waals surface area (Å²) in [5.41, 5.74) is 3.65. The highest BCUT2D eigenvalue weighted by Crippen LogP contribution is 2.39. The number of unbranched alkanes of at least 4 members (excludes halogenated alkanes) is 3. The van der Waals surface area contributed by atoms with E-state index in [1.54, 1.807) is 43.5 Å². The normalized spacial score (nSPS) is 14.6. The Balaban J connectivity index is 1.73. The van der Waals surface area contributed by atoms with E-state index in [4.69, 9.17) is 33.3 Å². The third kappa shape index (κ3) is 6.75. The van der Waals surface area contributed by atoms with Crippen molar-refractivity contribution in [2.24, 2.45) is 0 Å². The minimum absolute atomic E-state index is 0.233. The van der Waals surface area contributed by atoms with Crippen LogP contribution in [0.3, 0.4) is 0 Å². The number of thioether (sulfide) groups is 1. The van der Waals surface area contributed by atoms with E-state index in [1.165, 1.54) is 12.8 Å². The van der Waals surface area contributed by atoms with Crippen LogP contribution in [0, 0.1) is 0 Å². The Kier molecular flexibility index (Phi) is 9.82. The molecule has 0 radical (unpaired) electrons. The lowest BCUT2D eigenvalue weighted by atomic mass is 10.1. The molecule has 0 atom stereocenters. The minimum atomic E-state index is -0.459. The third-order valence-electron chi connectivity index (χ3n) is 4.91. The first-order valence-electron chi connectivity index (χ1n) is 10.7. The topological polar surface area (TPSA) is 67.9 Å². The molecule has 2 amide bonds. The Labute approximate surface area is 222 Å². The summed E-state index contributed by atoms with van der Waals surface area (Å²) >= 11 is 15.8. The fourth-order valence-corrected chi connectivity index (χ4v) is 5.03. The largest absolute Gasteiger partial charge is 0.493 e. The molecule has 0 unspecified atom stereocenters. The molecule has 2 aromatic rings. The van der Waals surface area contributed by atoms with E-state index >= 15 is 0 Å². The number of carbonyl (C=O) groups excluding carboxylic acids is 2. The smallest absolute Gasteiger partial charge is 0.285 e. The monoisotopic (exact) mass is 582 g/mol. The van der Waals surface area contributed by atoms with Crippen molar-refractivity contribution in [2.75, 3.05) is 13.7 Å². The molecular weight excluding hydrogens is 560 g/mol. The number of methoxy groups -OCH3 is 1. The maximum Gasteiger partial charge on any atom is 0.285 e. The van der Waals surface area contributed by atoms with Crippen molar-refractivity contribution in [3.05, 3.63) is 61.9 Å². The highest BCUT2D eigenvalue weighted by atomic mass is 79.9. The van der Waals surface area contributed by atoms with Crippen molar-refractivity contribution in [1.82, 2.24) is 10.4 Å². The van der Waals surface area contributed by atoms with Crippen LogP contribution in [0.1, 0.15) is 48.5 Å². The molecule has 1 aliphatic heterocycles. The van der Waals surface area contributed by atoms with Gasteiger partial charge in [-0.1, -0.05) is 49.5 Å². The summed E-state index contributed by atoms with van der Waals surface area (Å²) in [6, 6.07) is 9.99. The van der Waals surface area contributed by atoms with Gasteiger partial charge < -0.3 is 9.47 Å². The molecule has 0 aromatic heterocycles. The molecule has 3 rings (SSSR count). The first-order valence-corrected chi connectivity index (χ1v) is 13.1. The lowest BCUT2D eigenvalue weighted by Crippen LogP contribution is -2.44. The van der Waals surface area contributed by atoms with Crippen LogP contribution in [0.4, 0.5) is 0 Å². The van der Waals surface area contributed by atoms with E-state index in [-0.39, 0.29) is 4.32 Å². The number of ether oxygens (including phenoxy) is 2. The van der Waals surface area contributed by atoms with Crippen molar-refractivity contribution in [2.45, 2.75) is 32.6 Å². The van der Waals surface area contributed by atoms with Gasteiger partial charge in [0.2, 0.25) is 0 Å². The number of thiocarbonyl (C=S) groups is 1. The average molecular weight is 584 g/mol. The van der Waals surface area contributed by atoms with Gasteiger partial charge in [-0.3, -0.25) is 15.0 Å². The molecule has 34 heavy (non-hydrogen) atoms. The summed E-state index contributed by atoms with van der Waals surface area (Å²) in [5.74, 6) is 0.310. The number of nitrogens with one attached hydrogen (secondary N) is 1. The Hall–Kier alpha value is -2.07. The lowest BCUT2D eigenvalue weighted by molar-refractivity contribution is -0.123. The van der Waals surface area contributed by atoms with Gasteiger partial charge in [0, 0.05) is 10.6 Å². The fraction of sp³-hybridized carbons (Fsp3) is 0.292. The summed E-state index contributed by atoms with van der Waals surface area (Å²) in [6.07, 6.45) is 6.13. The molecule has 10 heteroatoms. The average Bonchev–Trinajstić information content (AvgIpc) is 3.07. The summed E-state index contributed by atoms with van der Waals surface area (Å²) in [5, 5.41) is 1.59. The molecule has 1 saturated heterocycles. The number of nitrogens with zero attached hydrogens (tertiary/aromatic N) is 1. The molecule has 2 aromatic carbocycles. The second-order valence-corrected chi connectivity index (χ2v) is 10.4. The predicted molar refractivity (Wildman–Crippen MR) is 144 cm³/mol. The van der Waals surface area contributed by atoms with Gasteiger partial charge in [0.1, 0.15) is 0 Å². The van der Waals surface area contributed by atoms with Gasteiger partial charge in [0.25, 0.3) is 11.8 Å². The first kappa shape index (κ1) is 26.5. The highest BCUT2D eigenvalue weighted by molar-refractivity contribution is 9.10. The zero-order chi connectivity index (χ0) is 24.7. The Morgan fingerprint density at radius 2 is 1.97 bits per heavy atom. The number of rotatable bonds is 10. The first-order chi connectivity index (χ1) is 16.3. The van der Waals surface area contributed by atoms with E-state index < -0.39 is 11.8 Å². The maximum atomic E-state index is 12.9.